The summed E-state index contributed by atoms with van der Waals surface area (Å²) in [4.78, 5) is 0. The highest BCUT2D eigenvalue weighted by atomic mass is 79.9. The Labute approximate surface area is 165 Å². The molecule has 3 rings (SSSR count). The number of rotatable bonds is 0. The number of hydrogen-bond donors (Lipinski definition) is 0. The van der Waals surface area contributed by atoms with Crippen molar-refractivity contribution in [2.75, 3.05) is 0 Å². The van der Waals surface area contributed by atoms with E-state index in [0.717, 1.165) is 26.8 Å². The van der Waals surface area contributed by atoms with Crippen LogP contribution < -0.4 is 9.47 Å². The molecule has 0 bridgehead atoms. The summed E-state index contributed by atoms with van der Waals surface area (Å²) < 4.78 is 16.9. The van der Waals surface area contributed by atoms with E-state index in [2.05, 4.69) is 95.6 Å². The van der Waals surface area contributed by atoms with Crippen LogP contribution in [-0.4, -0.2) is 0 Å². The second-order valence-corrected chi connectivity index (χ2v) is 8.78. The summed E-state index contributed by atoms with van der Waals surface area (Å²) in [6.45, 7) is 0. The SMILES string of the molecule is Brc1cc(Br)c2c(c1)Oc1c(Br)c(Br)c(Br)c(Br)c1O2. The average molecular weight is 658 g/mol. The third kappa shape index (κ3) is 2.54. The van der Waals surface area contributed by atoms with Crippen molar-refractivity contribution < 1.29 is 9.47 Å². The Morgan fingerprint density at radius 2 is 1.15 bits per heavy atom. The van der Waals surface area contributed by atoms with E-state index in [4.69, 9.17) is 9.47 Å². The van der Waals surface area contributed by atoms with Gasteiger partial charge in [0, 0.05) is 4.47 Å². The second kappa shape index (κ2) is 5.85. The minimum absolute atomic E-state index is 0.613. The monoisotopic (exact) mass is 652 g/mol. The van der Waals surface area contributed by atoms with Crippen LogP contribution >= 0.6 is 95.6 Å². The lowest BCUT2D eigenvalue weighted by Crippen LogP contribution is -2.02. The van der Waals surface area contributed by atoms with Gasteiger partial charge >= 0.3 is 0 Å². The lowest BCUT2D eigenvalue weighted by atomic mass is 10.2. The van der Waals surface area contributed by atoms with Gasteiger partial charge in [-0.15, -0.1) is 0 Å². The number of ether oxygens (including phenoxy) is 2. The quantitative estimate of drug-likeness (QED) is 0.180. The molecule has 1 heterocycles. The van der Waals surface area contributed by atoms with Gasteiger partial charge in [0.15, 0.2) is 23.0 Å². The zero-order chi connectivity index (χ0) is 14.6. The predicted octanol–water partition coefficient (Wildman–Crippen LogP) is 8.16. The lowest BCUT2D eigenvalue weighted by Gasteiger charge is -2.25. The highest BCUT2D eigenvalue weighted by molar-refractivity contribution is 9.15. The molecule has 1 aliphatic heterocycles. The summed E-state index contributed by atoms with van der Waals surface area (Å²) in [6, 6.07) is 3.77. The van der Waals surface area contributed by atoms with Crippen molar-refractivity contribution in [3.8, 4) is 23.0 Å². The van der Waals surface area contributed by atoms with Gasteiger partial charge in [-0.05, 0) is 91.8 Å². The lowest BCUT2D eigenvalue weighted by molar-refractivity contribution is 0.353. The molecule has 2 nitrogen and oxygen atoms in total. The van der Waals surface area contributed by atoms with Crippen LogP contribution in [-0.2, 0) is 0 Å². The summed E-state index contributed by atoms with van der Waals surface area (Å²) in [5, 5.41) is 0. The first-order chi connectivity index (χ1) is 9.40. The molecule has 0 aliphatic carbocycles. The first kappa shape index (κ1) is 15.8. The van der Waals surface area contributed by atoms with Crippen molar-refractivity contribution >= 4 is 95.6 Å². The van der Waals surface area contributed by atoms with Crippen LogP contribution in [0.2, 0.25) is 0 Å². The first-order valence-electron chi connectivity index (χ1n) is 5.11. The Morgan fingerprint density at radius 3 is 1.75 bits per heavy atom. The Bertz CT molecular complexity index is 744. The van der Waals surface area contributed by atoms with E-state index in [1.807, 2.05) is 12.1 Å². The Balaban J connectivity index is 2.26. The molecule has 0 aromatic heterocycles. The van der Waals surface area contributed by atoms with Crippen LogP contribution in [0.5, 0.6) is 23.0 Å². The fraction of sp³-hybridized carbons (Fsp3) is 0. The highest BCUT2D eigenvalue weighted by Gasteiger charge is 2.29. The molecule has 0 spiro atoms. The molecule has 2 aromatic carbocycles. The second-order valence-electron chi connectivity index (χ2n) is 3.83. The molecule has 2 aromatic rings. The van der Waals surface area contributed by atoms with E-state index in [0.29, 0.717) is 23.0 Å². The van der Waals surface area contributed by atoms with Gasteiger partial charge in [-0.2, -0.15) is 0 Å². The average Bonchev–Trinajstić information content (AvgIpc) is 2.41. The standard InChI is InChI=1S/C12H2Br6O2/c13-3-1-4(14)10-5(2-3)19-11-8(17)6(15)7(16)9(18)12(11)20-10/h1-2H. The fourth-order valence-electron chi connectivity index (χ4n) is 1.70. The summed E-state index contributed by atoms with van der Waals surface area (Å²) in [5.74, 6) is 2.51. The van der Waals surface area contributed by atoms with Crippen LogP contribution in [0, 0.1) is 0 Å². The van der Waals surface area contributed by atoms with Crippen LogP contribution in [0.4, 0.5) is 0 Å². The molecule has 1 aliphatic rings. The van der Waals surface area contributed by atoms with Crippen LogP contribution in [0.15, 0.2) is 39.0 Å². The van der Waals surface area contributed by atoms with Crippen LogP contribution in [0.25, 0.3) is 0 Å². The Morgan fingerprint density at radius 1 is 0.600 bits per heavy atom. The summed E-state index contributed by atoms with van der Waals surface area (Å²) in [7, 11) is 0. The van der Waals surface area contributed by atoms with Gasteiger partial charge in [-0.3, -0.25) is 0 Å². The molecule has 0 amide bonds. The van der Waals surface area contributed by atoms with E-state index in [1.54, 1.807) is 0 Å². The molecule has 20 heavy (non-hydrogen) atoms. The van der Waals surface area contributed by atoms with Crippen molar-refractivity contribution in [2.24, 2.45) is 0 Å². The maximum Gasteiger partial charge on any atom is 0.186 e. The molecule has 0 saturated carbocycles. The number of hydrogen-bond acceptors (Lipinski definition) is 2. The first-order valence-corrected chi connectivity index (χ1v) is 9.86. The van der Waals surface area contributed by atoms with Gasteiger partial charge in [-0.25, -0.2) is 0 Å². The zero-order valence-electron chi connectivity index (χ0n) is 9.24. The topological polar surface area (TPSA) is 18.5 Å². The molecule has 0 saturated heterocycles. The molecule has 0 N–H and O–H groups in total. The van der Waals surface area contributed by atoms with Gasteiger partial charge in [0.05, 0.1) is 22.4 Å². The predicted molar refractivity (Wildman–Crippen MR) is 99.2 cm³/mol. The van der Waals surface area contributed by atoms with E-state index >= 15 is 0 Å². The highest BCUT2D eigenvalue weighted by Crippen LogP contribution is 2.58. The summed E-state index contributed by atoms with van der Waals surface area (Å²) >= 11 is 20.9. The zero-order valence-corrected chi connectivity index (χ0v) is 18.8. The molecule has 8 heteroatoms. The smallest absolute Gasteiger partial charge is 0.186 e. The summed E-state index contributed by atoms with van der Waals surface area (Å²) in [6.07, 6.45) is 0. The molecule has 0 atom stereocenters. The minimum Gasteiger partial charge on any atom is -0.448 e. The van der Waals surface area contributed by atoms with Crippen molar-refractivity contribution in [1.82, 2.24) is 0 Å². The van der Waals surface area contributed by atoms with Gasteiger partial charge in [-0.1, -0.05) is 15.9 Å². The summed E-state index contributed by atoms with van der Waals surface area (Å²) in [5.41, 5.74) is 0. The largest absolute Gasteiger partial charge is 0.448 e. The number of benzene rings is 2. The van der Waals surface area contributed by atoms with E-state index < -0.39 is 0 Å². The third-order valence-corrected chi connectivity index (χ3v) is 8.32. The van der Waals surface area contributed by atoms with E-state index in [9.17, 15) is 0 Å². The van der Waals surface area contributed by atoms with Crippen molar-refractivity contribution in [3.05, 3.63) is 39.0 Å². The minimum atomic E-state index is 0.613. The molecule has 0 unspecified atom stereocenters. The molecular formula is C12H2Br6O2. The number of halogens is 6. The molecule has 0 radical (unpaired) electrons. The van der Waals surface area contributed by atoms with E-state index in [1.165, 1.54) is 0 Å². The third-order valence-electron chi connectivity index (χ3n) is 2.57. The Kier molecular flexibility index (Phi) is 4.62. The van der Waals surface area contributed by atoms with Gasteiger partial charge in [0.25, 0.3) is 0 Å². The number of fused-ring (bicyclic) bond motifs is 2. The maximum atomic E-state index is 5.99. The molecule has 0 fully saturated rings. The van der Waals surface area contributed by atoms with Gasteiger partial charge < -0.3 is 9.47 Å². The Hall–Kier alpha value is 0.920. The van der Waals surface area contributed by atoms with Crippen molar-refractivity contribution in [1.29, 1.82) is 0 Å². The van der Waals surface area contributed by atoms with Gasteiger partial charge in [0.1, 0.15) is 0 Å². The van der Waals surface area contributed by atoms with Crippen LogP contribution in [0.1, 0.15) is 0 Å². The van der Waals surface area contributed by atoms with Crippen LogP contribution in [0.3, 0.4) is 0 Å². The van der Waals surface area contributed by atoms with Crippen molar-refractivity contribution in [2.45, 2.75) is 0 Å². The molecular weight excluding hydrogens is 656 g/mol. The normalized spacial score (nSPS) is 12.3. The van der Waals surface area contributed by atoms with Crippen molar-refractivity contribution in [3.63, 3.8) is 0 Å². The fourth-order valence-corrected chi connectivity index (χ4v) is 5.17. The van der Waals surface area contributed by atoms with Gasteiger partial charge in [0.2, 0.25) is 0 Å². The maximum absolute atomic E-state index is 5.99. The molecule has 104 valence electrons. The van der Waals surface area contributed by atoms with E-state index in [-0.39, 0.29) is 0 Å².